The molecule has 2 aromatic rings. The van der Waals surface area contributed by atoms with Crippen LogP contribution >= 0.6 is 0 Å². The first-order chi connectivity index (χ1) is 9.75. The molecule has 0 aromatic heterocycles. The molecule has 2 aromatic carbocycles. The number of Topliss-reactive ketones (excluding diaryl/α,β-unsaturated/α-hetero) is 1. The van der Waals surface area contributed by atoms with Gasteiger partial charge >= 0.3 is 0 Å². The summed E-state index contributed by atoms with van der Waals surface area (Å²) in [5, 5.41) is 0. The molecule has 102 valence electrons. The monoisotopic (exact) mass is 265 g/mol. The quantitative estimate of drug-likeness (QED) is 0.794. The van der Waals surface area contributed by atoms with Crippen LogP contribution in [0.1, 0.15) is 21.8 Å². The lowest BCUT2D eigenvalue weighted by atomic mass is 9.84. The Labute approximate surface area is 120 Å². The molecule has 2 atom stereocenters. The minimum absolute atomic E-state index is 0.0600. The molecule has 0 radical (unpaired) electrons. The molecule has 0 aliphatic carbocycles. The molecule has 3 rings (SSSR count). The maximum atomic E-state index is 12.7. The lowest BCUT2D eigenvalue weighted by Crippen LogP contribution is -2.22. The van der Waals surface area contributed by atoms with Gasteiger partial charge < -0.3 is 4.90 Å². The summed E-state index contributed by atoms with van der Waals surface area (Å²) in [5.74, 6) is 0.627. The summed E-state index contributed by atoms with van der Waals surface area (Å²) in [6.07, 6.45) is 0. The SMILES string of the molecule is CN1C[C@@H](C(=O)c2ccccc2)[C@H](c2ccccc2)C1. The Morgan fingerprint density at radius 1 is 0.950 bits per heavy atom. The molecule has 0 unspecified atom stereocenters. The van der Waals surface area contributed by atoms with Gasteiger partial charge in [-0.05, 0) is 12.6 Å². The van der Waals surface area contributed by atoms with Crippen LogP contribution in [0.3, 0.4) is 0 Å². The molecule has 2 nitrogen and oxygen atoms in total. The first-order valence-electron chi connectivity index (χ1n) is 7.08. The second-order valence-corrected chi connectivity index (χ2v) is 5.58. The summed E-state index contributed by atoms with van der Waals surface area (Å²) in [6, 6.07) is 20.1. The van der Waals surface area contributed by atoms with Gasteiger partial charge in [-0.1, -0.05) is 60.7 Å². The van der Waals surface area contributed by atoms with Crippen molar-refractivity contribution in [2.75, 3.05) is 20.1 Å². The van der Waals surface area contributed by atoms with Crippen molar-refractivity contribution in [3.8, 4) is 0 Å². The van der Waals surface area contributed by atoms with Crippen LogP contribution in [0.4, 0.5) is 0 Å². The van der Waals surface area contributed by atoms with Crippen molar-refractivity contribution < 1.29 is 4.79 Å². The summed E-state index contributed by atoms with van der Waals surface area (Å²) < 4.78 is 0. The summed E-state index contributed by atoms with van der Waals surface area (Å²) in [5.41, 5.74) is 2.10. The zero-order valence-corrected chi connectivity index (χ0v) is 11.7. The van der Waals surface area contributed by atoms with E-state index in [9.17, 15) is 4.79 Å². The molecule has 0 amide bonds. The van der Waals surface area contributed by atoms with E-state index in [1.54, 1.807) is 0 Å². The van der Waals surface area contributed by atoms with Crippen LogP contribution in [0.25, 0.3) is 0 Å². The van der Waals surface area contributed by atoms with Crippen molar-refractivity contribution in [3.05, 3.63) is 71.8 Å². The predicted molar refractivity (Wildman–Crippen MR) is 80.9 cm³/mol. The first kappa shape index (κ1) is 13.1. The maximum Gasteiger partial charge on any atom is 0.167 e. The van der Waals surface area contributed by atoms with E-state index in [0.29, 0.717) is 5.92 Å². The van der Waals surface area contributed by atoms with Crippen LogP contribution < -0.4 is 0 Å². The maximum absolute atomic E-state index is 12.7. The van der Waals surface area contributed by atoms with Crippen molar-refractivity contribution in [2.45, 2.75) is 5.92 Å². The van der Waals surface area contributed by atoms with Gasteiger partial charge in [-0.3, -0.25) is 4.79 Å². The van der Waals surface area contributed by atoms with Gasteiger partial charge in [-0.25, -0.2) is 0 Å². The highest BCUT2D eigenvalue weighted by molar-refractivity contribution is 5.98. The van der Waals surface area contributed by atoms with Gasteiger partial charge in [0, 0.05) is 30.5 Å². The van der Waals surface area contributed by atoms with Gasteiger partial charge in [0.2, 0.25) is 0 Å². The number of hydrogen-bond donors (Lipinski definition) is 0. The van der Waals surface area contributed by atoms with E-state index in [4.69, 9.17) is 0 Å². The average Bonchev–Trinajstić information content (AvgIpc) is 2.90. The zero-order chi connectivity index (χ0) is 13.9. The highest BCUT2D eigenvalue weighted by atomic mass is 16.1. The number of hydrogen-bond acceptors (Lipinski definition) is 2. The molecule has 20 heavy (non-hydrogen) atoms. The number of carbonyl (C=O) groups excluding carboxylic acids is 1. The van der Waals surface area contributed by atoms with E-state index in [-0.39, 0.29) is 11.7 Å². The topological polar surface area (TPSA) is 20.3 Å². The molecule has 0 bridgehead atoms. The molecular weight excluding hydrogens is 246 g/mol. The van der Waals surface area contributed by atoms with E-state index >= 15 is 0 Å². The van der Waals surface area contributed by atoms with Crippen molar-refractivity contribution in [1.82, 2.24) is 4.90 Å². The highest BCUT2D eigenvalue weighted by Gasteiger charge is 2.36. The van der Waals surface area contributed by atoms with Gasteiger partial charge in [-0.2, -0.15) is 0 Å². The Bertz CT molecular complexity index is 579. The molecule has 1 heterocycles. The summed E-state index contributed by atoms with van der Waals surface area (Å²) in [7, 11) is 2.09. The minimum Gasteiger partial charge on any atom is -0.305 e. The number of benzene rings is 2. The van der Waals surface area contributed by atoms with Crippen molar-refractivity contribution >= 4 is 5.78 Å². The Morgan fingerprint density at radius 3 is 2.20 bits per heavy atom. The van der Waals surface area contributed by atoms with Gasteiger partial charge in [0.25, 0.3) is 0 Å². The number of rotatable bonds is 3. The molecule has 0 spiro atoms. The van der Waals surface area contributed by atoms with Crippen molar-refractivity contribution in [1.29, 1.82) is 0 Å². The molecule has 1 aliphatic heterocycles. The smallest absolute Gasteiger partial charge is 0.167 e. The fraction of sp³-hybridized carbons (Fsp3) is 0.278. The van der Waals surface area contributed by atoms with Gasteiger partial charge in [0.1, 0.15) is 0 Å². The number of carbonyl (C=O) groups is 1. The summed E-state index contributed by atoms with van der Waals surface area (Å²) in [6.45, 7) is 1.79. The Hall–Kier alpha value is -1.93. The molecule has 1 saturated heterocycles. The standard InChI is InChI=1S/C18H19NO/c1-19-12-16(14-8-4-2-5-9-14)17(13-19)18(20)15-10-6-3-7-11-15/h2-11,16-17H,12-13H2,1H3/t16-,17+/m0/s1. The van der Waals surface area contributed by atoms with Crippen LogP contribution in [0.5, 0.6) is 0 Å². The van der Waals surface area contributed by atoms with Crippen LogP contribution in [0.15, 0.2) is 60.7 Å². The van der Waals surface area contributed by atoms with Gasteiger partial charge in [0.05, 0.1) is 0 Å². The fourth-order valence-electron chi connectivity index (χ4n) is 3.12. The third kappa shape index (κ3) is 2.52. The Kier molecular flexibility index (Phi) is 3.66. The number of nitrogens with zero attached hydrogens (tertiary/aromatic N) is 1. The normalized spacial score (nSPS) is 22.9. The van der Waals surface area contributed by atoms with Crippen LogP contribution in [-0.4, -0.2) is 30.8 Å². The molecule has 2 heteroatoms. The van der Waals surface area contributed by atoms with Crippen LogP contribution in [0.2, 0.25) is 0 Å². The summed E-state index contributed by atoms with van der Waals surface area (Å²) >= 11 is 0. The fourth-order valence-corrected chi connectivity index (χ4v) is 3.12. The zero-order valence-electron chi connectivity index (χ0n) is 11.7. The second-order valence-electron chi connectivity index (χ2n) is 5.58. The van der Waals surface area contributed by atoms with Gasteiger partial charge in [-0.15, -0.1) is 0 Å². The Morgan fingerprint density at radius 2 is 1.55 bits per heavy atom. The number of likely N-dealkylation sites (N-methyl/N-ethyl adjacent to an activating group) is 1. The molecule has 0 N–H and O–H groups in total. The summed E-state index contributed by atoms with van der Waals surface area (Å²) in [4.78, 5) is 15.0. The number of ketones is 1. The third-order valence-corrected chi connectivity index (χ3v) is 4.13. The van der Waals surface area contributed by atoms with Gasteiger partial charge in [0.15, 0.2) is 5.78 Å². The average molecular weight is 265 g/mol. The van der Waals surface area contributed by atoms with E-state index < -0.39 is 0 Å². The number of likely N-dealkylation sites (tertiary alicyclic amines) is 1. The highest BCUT2D eigenvalue weighted by Crippen LogP contribution is 2.34. The van der Waals surface area contributed by atoms with Crippen LogP contribution in [0, 0.1) is 5.92 Å². The van der Waals surface area contributed by atoms with Crippen molar-refractivity contribution in [3.63, 3.8) is 0 Å². The van der Waals surface area contributed by atoms with E-state index in [1.165, 1.54) is 5.56 Å². The second kappa shape index (κ2) is 5.59. The Balaban J connectivity index is 1.89. The van der Waals surface area contributed by atoms with Crippen LogP contribution in [-0.2, 0) is 0 Å². The van der Waals surface area contributed by atoms with Crippen molar-refractivity contribution in [2.24, 2.45) is 5.92 Å². The largest absolute Gasteiger partial charge is 0.305 e. The molecule has 0 saturated carbocycles. The lowest BCUT2D eigenvalue weighted by molar-refractivity contribution is 0.0915. The minimum atomic E-state index is 0.0600. The third-order valence-electron chi connectivity index (χ3n) is 4.13. The lowest BCUT2D eigenvalue weighted by Gasteiger charge is -2.17. The van der Waals surface area contributed by atoms with E-state index in [1.807, 2.05) is 36.4 Å². The van der Waals surface area contributed by atoms with E-state index in [0.717, 1.165) is 18.7 Å². The molecule has 1 fully saturated rings. The predicted octanol–water partition coefficient (Wildman–Crippen LogP) is 3.21. The molecular formula is C18H19NO. The van der Waals surface area contributed by atoms with E-state index in [2.05, 4.69) is 36.2 Å². The molecule has 1 aliphatic rings. The first-order valence-corrected chi connectivity index (χ1v) is 7.08.